The fourth-order valence-electron chi connectivity index (χ4n) is 4.23. The highest BCUT2D eigenvalue weighted by atomic mass is 16.5. The van der Waals surface area contributed by atoms with Crippen molar-refractivity contribution >= 4 is 0 Å². The van der Waals surface area contributed by atoms with Crippen molar-refractivity contribution in [3.8, 4) is 46.0 Å². The number of phenols is 4. The Labute approximate surface area is 201 Å². The summed E-state index contributed by atoms with van der Waals surface area (Å²) in [5.74, 6) is 1.03. The Hall–Kier alpha value is -3.16. The molecule has 0 bridgehead atoms. The third kappa shape index (κ3) is 6.68. The lowest BCUT2D eigenvalue weighted by atomic mass is 10.0. The fourth-order valence-corrected chi connectivity index (χ4v) is 4.23. The molecule has 0 aliphatic heterocycles. The van der Waals surface area contributed by atoms with Crippen LogP contribution in [0, 0.1) is 0 Å². The second-order valence-electron chi connectivity index (χ2n) is 8.25. The molecule has 2 aromatic carbocycles. The van der Waals surface area contributed by atoms with E-state index in [9.17, 15) is 20.4 Å². The molecule has 190 valence electrons. The number of ether oxygens (including phenoxy) is 4. The van der Waals surface area contributed by atoms with Crippen molar-refractivity contribution in [1.82, 2.24) is 0 Å². The Kier molecular flexibility index (Phi) is 10.8. The minimum atomic E-state index is -0.0396. The lowest BCUT2D eigenvalue weighted by Crippen LogP contribution is -1.97. The van der Waals surface area contributed by atoms with Gasteiger partial charge in [-0.05, 0) is 25.7 Å². The van der Waals surface area contributed by atoms with Gasteiger partial charge in [0.2, 0.25) is 0 Å². The molecule has 0 atom stereocenters. The summed E-state index contributed by atoms with van der Waals surface area (Å²) in [6, 6.07) is 2.71. The molecule has 0 unspecified atom stereocenters. The van der Waals surface area contributed by atoms with E-state index in [0.29, 0.717) is 35.5 Å². The van der Waals surface area contributed by atoms with Gasteiger partial charge in [0.15, 0.2) is 46.0 Å². The van der Waals surface area contributed by atoms with E-state index in [2.05, 4.69) is 0 Å². The molecule has 0 spiro atoms. The third-order valence-electron chi connectivity index (χ3n) is 6.04. The molecule has 34 heavy (non-hydrogen) atoms. The number of hydrogen-bond donors (Lipinski definition) is 4. The number of benzene rings is 2. The molecule has 0 heterocycles. The summed E-state index contributed by atoms with van der Waals surface area (Å²) >= 11 is 0. The summed E-state index contributed by atoms with van der Waals surface area (Å²) in [5.41, 5.74) is 1.14. The zero-order chi connectivity index (χ0) is 25.1. The fraction of sp³-hybridized carbons (Fsp3) is 0.538. The Balaban J connectivity index is 1.70. The van der Waals surface area contributed by atoms with Crippen LogP contribution in [0.15, 0.2) is 12.1 Å². The molecule has 0 fully saturated rings. The second kappa shape index (κ2) is 13.5. The Morgan fingerprint density at radius 1 is 0.500 bits per heavy atom. The number of unbranched alkanes of at least 4 members (excludes halogenated alkanes) is 7. The van der Waals surface area contributed by atoms with Crippen LogP contribution >= 0.6 is 0 Å². The maximum Gasteiger partial charge on any atom is 0.167 e. The van der Waals surface area contributed by atoms with Crippen molar-refractivity contribution in [1.29, 1.82) is 0 Å². The van der Waals surface area contributed by atoms with Crippen LogP contribution in [0.1, 0.15) is 62.5 Å². The van der Waals surface area contributed by atoms with Crippen LogP contribution in [0.2, 0.25) is 0 Å². The zero-order valence-corrected chi connectivity index (χ0v) is 20.6. The number of aromatic hydroxyl groups is 4. The van der Waals surface area contributed by atoms with Crippen molar-refractivity contribution in [3.63, 3.8) is 0 Å². The monoisotopic (exact) mass is 478 g/mol. The predicted molar refractivity (Wildman–Crippen MR) is 130 cm³/mol. The number of rotatable bonds is 15. The van der Waals surface area contributed by atoms with Crippen molar-refractivity contribution in [2.45, 2.75) is 64.2 Å². The summed E-state index contributed by atoms with van der Waals surface area (Å²) in [6.07, 6.45) is 9.33. The molecule has 0 amide bonds. The SMILES string of the molecule is COc1cc(O)c(OC)c(CCCCCCCCCCc2c(O)c(OC)cc(O)c2OC)c1O. The first-order chi connectivity index (χ1) is 16.4. The molecule has 0 radical (unpaired) electrons. The molecule has 0 aliphatic rings. The van der Waals surface area contributed by atoms with Gasteiger partial charge < -0.3 is 39.4 Å². The van der Waals surface area contributed by atoms with E-state index in [0.717, 1.165) is 51.4 Å². The molecular weight excluding hydrogens is 440 g/mol. The smallest absolute Gasteiger partial charge is 0.167 e. The number of hydrogen-bond acceptors (Lipinski definition) is 8. The summed E-state index contributed by atoms with van der Waals surface area (Å²) in [6.45, 7) is 0. The van der Waals surface area contributed by atoms with Gasteiger partial charge in [0, 0.05) is 23.3 Å². The lowest BCUT2D eigenvalue weighted by molar-refractivity contribution is 0.339. The highest BCUT2D eigenvalue weighted by Gasteiger charge is 2.19. The molecule has 2 rings (SSSR count). The molecule has 0 aromatic heterocycles. The highest BCUT2D eigenvalue weighted by molar-refractivity contribution is 5.60. The third-order valence-corrected chi connectivity index (χ3v) is 6.04. The zero-order valence-electron chi connectivity index (χ0n) is 20.6. The molecule has 8 heteroatoms. The van der Waals surface area contributed by atoms with Gasteiger partial charge in [0.1, 0.15) is 0 Å². The second-order valence-corrected chi connectivity index (χ2v) is 8.25. The van der Waals surface area contributed by atoms with Gasteiger partial charge >= 0.3 is 0 Å². The van der Waals surface area contributed by atoms with Crippen LogP contribution in [-0.2, 0) is 12.8 Å². The van der Waals surface area contributed by atoms with Crippen molar-refractivity contribution in [3.05, 3.63) is 23.3 Å². The molecule has 0 aliphatic carbocycles. The largest absolute Gasteiger partial charge is 0.504 e. The summed E-state index contributed by atoms with van der Waals surface area (Å²) in [5, 5.41) is 40.9. The number of methoxy groups -OCH3 is 4. The van der Waals surface area contributed by atoms with Crippen LogP contribution in [-0.4, -0.2) is 48.9 Å². The van der Waals surface area contributed by atoms with Gasteiger partial charge in [0.05, 0.1) is 28.4 Å². The van der Waals surface area contributed by atoms with E-state index in [-0.39, 0.29) is 34.5 Å². The minimum Gasteiger partial charge on any atom is -0.504 e. The molecular formula is C26H38O8. The van der Waals surface area contributed by atoms with Crippen LogP contribution in [0.5, 0.6) is 46.0 Å². The minimum absolute atomic E-state index is 0.0178. The van der Waals surface area contributed by atoms with Crippen LogP contribution in [0.25, 0.3) is 0 Å². The van der Waals surface area contributed by atoms with Crippen molar-refractivity contribution < 1.29 is 39.4 Å². The average Bonchev–Trinajstić information content (AvgIpc) is 2.83. The summed E-state index contributed by atoms with van der Waals surface area (Å²) in [4.78, 5) is 0. The Morgan fingerprint density at radius 3 is 1.12 bits per heavy atom. The molecule has 2 aromatic rings. The maximum atomic E-state index is 10.4. The first kappa shape index (κ1) is 27.1. The predicted octanol–water partition coefficient (Wildman–Crippen LogP) is 5.45. The van der Waals surface area contributed by atoms with Crippen molar-refractivity contribution in [2.75, 3.05) is 28.4 Å². The van der Waals surface area contributed by atoms with Gasteiger partial charge in [-0.3, -0.25) is 0 Å². The van der Waals surface area contributed by atoms with Crippen molar-refractivity contribution in [2.24, 2.45) is 0 Å². The van der Waals surface area contributed by atoms with E-state index in [1.807, 2.05) is 0 Å². The summed E-state index contributed by atoms with van der Waals surface area (Å²) < 4.78 is 20.7. The Morgan fingerprint density at radius 2 is 0.824 bits per heavy atom. The van der Waals surface area contributed by atoms with E-state index in [4.69, 9.17) is 18.9 Å². The Bertz CT molecular complexity index is 850. The van der Waals surface area contributed by atoms with Gasteiger partial charge in [-0.25, -0.2) is 0 Å². The standard InChI is InChI=1S/C26H38O8/c1-31-21-15-19(27)25(33-3)17(23(21)29)13-11-9-7-5-6-8-10-12-14-18-24(30)22(32-2)16-20(28)26(18)34-4/h15-16,27-30H,5-14H2,1-4H3. The first-order valence-electron chi connectivity index (χ1n) is 11.7. The maximum absolute atomic E-state index is 10.4. The number of phenolic OH excluding ortho intramolecular Hbond substituents is 4. The van der Waals surface area contributed by atoms with E-state index in [1.54, 1.807) is 0 Å². The first-order valence-corrected chi connectivity index (χ1v) is 11.7. The molecule has 0 saturated carbocycles. The van der Waals surface area contributed by atoms with Gasteiger partial charge in [-0.15, -0.1) is 0 Å². The summed E-state index contributed by atoms with van der Waals surface area (Å²) in [7, 11) is 5.84. The molecule has 4 N–H and O–H groups in total. The van der Waals surface area contributed by atoms with E-state index >= 15 is 0 Å². The van der Waals surface area contributed by atoms with Crippen LogP contribution < -0.4 is 18.9 Å². The quantitative estimate of drug-likeness (QED) is 0.197. The van der Waals surface area contributed by atoms with Crippen LogP contribution in [0.4, 0.5) is 0 Å². The van der Waals surface area contributed by atoms with E-state index in [1.165, 1.54) is 40.6 Å². The van der Waals surface area contributed by atoms with Crippen LogP contribution in [0.3, 0.4) is 0 Å². The lowest BCUT2D eigenvalue weighted by Gasteiger charge is -2.15. The molecule has 0 saturated heterocycles. The van der Waals surface area contributed by atoms with Gasteiger partial charge in [0.25, 0.3) is 0 Å². The van der Waals surface area contributed by atoms with Gasteiger partial charge in [-0.2, -0.15) is 0 Å². The van der Waals surface area contributed by atoms with Gasteiger partial charge in [-0.1, -0.05) is 38.5 Å². The average molecular weight is 479 g/mol. The molecule has 8 nitrogen and oxygen atoms in total. The topological polar surface area (TPSA) is 118 Å². The highest BCUT2D eigenvalue weighted by Crippen LogP contribution is 2.45. The van der Waals surface area contributed by atoms with E-state index < -0.39 is 0 Å². The normalized spacial score (nSPS) is 10.8.